The van der Waals surface area contributed by atoms with Crippen molar-refractivity contribution in [3.8, 4) is 0 Å². The zero-order valence-corrected chi connectivity index (χ0v) is 16.6. The number of aliphatic carboxylic acids is 2. The van der Waals surface area contributed by atoms with Gasteiger partial charge in [-0.2, -0.15) is 0 Å². The van der Waals surface area contributed by atoms with Gasteiger partial charge in [0.2, 0.25) is 0 Å². The molecule has 0 amide bonds. The van der Waals surface area contributed by atoms with Gasteiger partial charge < -0.3 is 14.9 Å². The molecule has 0 aromatic heterocycles. The Kier molecular flexibility index (Phi) is 11.7. The molecular formula is C20H38O5. The summed E-state index contributed by atoms with van der Waals surface area (Å²) in [6.45, 7) is 8.66. The predicted molar refractivity (Wildman–Crippen MR) is 99.8 cm³/mol. The minimum absolute atomic E-state index is 0.615. The molecule has 0 saturated heterocycles. The quantitative estimate of drug-likeness (QED) is 0.374. The van der Waals surface area contributed by atoms with Crippen LogP contribution in [0.15, 0.2) is 0 Å². The van der Waals surface area contributed by atoms with Crippen LogP contribution in [0.1, 0.15) is 91.9 Å². The van der Waals surface area contributed by atoms with E-state index in [-0.39, 0.29) is 0 Å². The molecule has 0 rings (SSSR count). The largest absolute Gasteiger partial charge is 0.481 e. The van der Waals surface area contributed by atoms with E-state index in [9.17, 15) is 9.59 Å². The van der Waals surface area contributed by atoms with Crippen LogP contribution < -0.4 is 0 Å². The van der Waals surface area contributed by atoms with Crippen LogP contribution in [0.2, 0.25) is 0 Å². The van der Waals surface area contributed by atoms with Crippen molar-refractivity contribution in [3.63, 3.8) is 0 Å². The summed E-state index contributed by atoms with van der Waals surface area (Å²) in [5.74, 6) is -1.44. The number of unbranched alkanes of at least 4 members (excludes halogenated alkanes) is 6. The first-order valence-corrected chi connectivity index (χ1v) is 9.64. The first-order chi connectivity index (χ1) is 11.6. The van der Waals surface area contributed by atoms with Crippen molar-refractivity contribution in [1.82, 2.24) is 0 Å². The van der Waals surface area contributed by atoms with Gasteiger partial charge >= 0.3 is 11.9 Å². The lowest BCUT2D eigenvalue weighted by Gasteiger charge is -2.18. The number of carbonyl (C=O) groups is 2. The molecule has 0 radical (unpaired) electrons. The molecule has 0 fully saturated rings. The Morgan fingerprint density at radius 1 is 0.640 bits per heavy atom. The Morgan fingerprint density at radius 3 is 1.28 bits per heavy atom. The number of rotatable bonds is 16. The number of hydrogen-bond donors (Lipinski definition) is 2. The minimum atomic E-state index is -0.720. The van der Waals surface area contributed by atoms with E-state index in [4.69, 9.17) is 14.9 Å². The smallest absolute Gasteiger partial charge is 0.309 e. The highest BCUT2D eigenvalue weighted by atomic mass is 16.5. The average molecular weight is 359 g/mol. The van der Waals surface area contributed by atoms with Crippen molar-refractivity contribution in [3.05, 3.63) is 0 Å². The molecule has 0 aliphatic rings. The third-order valence-corrected chi connectivity index (χ3v) is 4.84. The normalized spacial score (nSPS) is 12.3. The summed E-state index contributed by atoms with van der Waals surface area (Å²) in [6.07, 6.45) is 9.68. The first kappa shape index (κ1) is 23.9. The Labute approximate surface area is 153 Å². The zero-order valence-electron chi connectivity index (χ0n) is 16.6. The Bertz CT molecular complexity index is 352. The zero-order chi connectivity index (χ0) is 19.3. The van der Waals surface area contributed by atoms with Crippen molar-refractivity contribution in [2.45, 2.75) is 91.9 Å². The van der Waals surface area contributed by atoms with Crippen molar-refractivity contribution in [2.75, 3.05) is 13.2 Å². The van der Waals surface area contributed by atoms with Crippen molar-refractivity contribution < 1.29 is 24.5 Å². The summed E-state index contributed by atoms with van der Waals surface area (Å²) in [5, 5.41) is 18.1. The third-order valence-electron chi connectivity index (χ3n) is 4.84. The lowest BCUT2D eigenvalue weighted by atomic mass is 9.87. The van der Waals surface area contributed by atoms with E-state index in [0.717, 1.165) is 77.4 Å². The number of hydrogen-bond acceptors (Lipinski definition) is 3. The van der Waals surface area contributed by atoms with Crippen molar-refractivity contribution in [2.24, 2.45) is 10.8 Å². The second-order valence-corrected chi connectivity index (χ2v) is 8.32. The fraction of sp³-hybridized carbons (Fsp3) is 0.900. The highest BCUT2D eigenvalue weighted by Gasteiger charge is 2.26. The molecule has 5 heteroatoms. The summed E-state index contributed by atoms with van der Waals surface area (Å²) in [6, 6.07) is 0. The maximum absolute atomic E-state index is 11.0. The molecule has 148 valence electrons. The molecule has 2 N–H and O–H groups in total. The lowest BCUT2D eigenvalue weighted by Crippen LogP contribution is -2.23. The Balaban J connectivity index is 3.35. The molecule has 25 heavy (non-hydrogen) atoms. The van der Waals surface area contributed by atoms with Crippen LogP contribution in [0.3, 0.4) is 0 Å². The van der Waals surface area contributed by atoms with Gasteiger partial charge in [-0.3, -0.25) is 9.59 Å². The van der Waals surface area contributed by atoms with Crippen LogP contribution >= 0.6 is 0 Å². The predicted octanol–water partition coefficient (Wildman–Crippen LogP) is 5.13. The molecule has 0 spiro atoms. The SMILES string of the molecule is CC(C)(CCCCCCOCCCCCCC(C)(C)C(=O)O)C(=O)O. The fourth-order valence-corrected chi connectivity index (χ4v) is 2.57. The van der Waals surface area contributed by atoms with E-state index >= 15 is 0 Å². The van der Waals surface area contributed by atoms with E-state index < -0.39 is 22.8 Å². The van der Waals surface area contributed by atoms with Gasteiger partial charge in [-0.05, 0) is 53.4 Å². The van der Waals surface area contributed by atoms with E-state index in [1.807, 2.05) is 0 Å². The van der Waals surface area contributed by atoms with Crippen LogP contribution in [0, 0.1) is 10.8 Å². The standard InChI is InChI=1S/C20H38O5/c1-19(2,17(21)22)13-9-5-7-11-15-25-16-12-8-6-10-14-20(3,4)18(23)24/h5-16H2,1-4H3,(H,21,22)(H,23,24). The van der Waals surface area contributed by atoms with Gasteiger partial charge in [0.1, 0.15) is 0 Å². The van der Waals surface area contributed by atoms with Gasteiger partial charge in [0.05, 0.1) is 10.8 Å². The van der Waals surface area contributed by atoms with Crippen LogP contribution in [0.5, 0.6) is 0 Å². The first-order valence-electron chi connectivity index (χ1n) is 9.64. The monoisotopic (exact) mass is 358 g/mol. The fourth-order valence-electron chi connectivity index (χ4n) is 2.57. The highest BCUT2D eigenvalue weighted by molar-refractivity contribution is 5.73. The summed E-state index contributed by atoms with van der Waals surface area (Å²) in [5.41, 5.74) is -1.23. The van der Waals surface area contributed by atoms with Crippen molar-refractivity contribution >= 4 is 11.9 Å². The van der Waals surface area contributed by atoms with E-state index in [1.54, 1.807) is 27.7 Å². The van der Waals surface area contributed by atoms with Gasteiger partial charge in [-0.15, -0.1) is 0 Å². The average Bonchev–Trinajstić information content (AvgIpc) is 2.51. The van der Waals surface area contributed by atoms with Gasteiger partial charge in [0.25, 0.3) is 0 Å². The second kappa shape index (κ2) is 12.3. The third kappa shape index (κ3) is 12.0. The van der Waals surface area contributed by atoms with Gasteiger partial charge in [0, 0.05) is 13.2 Å². The number of carboxylic acid groups (broad SMARTS) is 2. The van der Waals surface area contributed by atoms with E-state index in [1.165, 1.54) is 0 Å². The Morgan fingerprint density at radius 2 is 0.960 bits per heavy atom. The topological polar surface area (TPSA) is 83.8 Å². The molecule has 0 bridgehead atoms. The molecule has 0 aliphatic carbocycles. The van der Waals surface area contributed by atoms with Crippen LogP contribution in [-0.4, -0.2) is 35.4 Å². The summed E-state index contributed by atoms with van der Waals surface area (Å²) >= 11 is 0. The molecule has 0 saturated carbocycles. The van der Waals surface area contributed by atoms with Crippen LogP contribution in [0.4, 0.5) is 0 Å². The molecule has 0 atom stereocenters. The Hall–Kier alpha value is -1.10. The molecule has 0 aromatic rings. The van der Waals surface area contributed by atoms with Gasteiger partial charge in [-0.1, -0.05) is 38.5 Å². The summed E-state index contributed by atoms with van der Waals surface area (Å²) < 4.78 is 5.62. The van der Waals surface area contributed by atoms with Gasteiger partial charge in [-0.25, -0.2) is 0 Å². The van der Waals surface area contributed by atoms with Crippen molar-refractivity contribution in [1.29, 1.82) is 0 Å². The number of carboxylic acids is 2. The molecule has 0 aliphatic heterocycles. The second-order valence-electron chi connectivity index (χ2n) is 8.32. The highest BCUT2D eigenvalue weighted by Crippen LogP contribution is 2.24. The van der Waals surface area contributed by atoms with Crippen LogP contribution in [-0.2, 0) is 14.3 Å². The molecule has 0 aromatic carbocycles. The van der Waals surface area contributed by atoms with Gasteiger partial charge in [0.15, 0.2) is 0 Å². The molecule has 0 heterocycles. The molecular weight excluding hydrogens is 320 g/mol. The minimum Gasteiger partial charge on any atom is -0.481 e. The number of ether oxygens (including phenoxy) is 1. The maximum atomic E-state index is 11.0. The van der Waals surface area contributed by atoms with Crippen LogP contribution in [0.25, 0.3) is 0 Å². The lowest BCUT2D eigenvalue weighted by molar-refractivity contribution is -0.148. The van der Waals surface area contributed by atoms with E-state index in [2.05, 4.69) is 0 Å². The summed E-state index contributed by atoms with van der Waals surface area (Å²) in [4.78, 5) is 22.0. The molecule has 5 nitrogen and oxygen atoms in total. The summed E-state index contributed by atoms with van der Waals surface area (Å²) in [7, 11) is 0. The maximum Gasteiger partial charge on any atom is 0.309 e. The van der Waals surface area contributed by atoms with E-state index in [0.29, 0.717) is 0 Å². The molecule has 0 unspecified atom stereocenters.